The fraction of sp³-hybridized carbons (Fsp3) is 0.227. The predicted molar refractivity (Wildman–Crippen MR) is 122 cm³/mol. The summed E-state index contributed by atoms with van der Waals surface area (Å²) >= 11 is 5.92. The molecule has 10 nitrogen and oxygen atoms in total. The number of hydrogen-bond donors (Lipinski definition) is 3. The molecule has 0 spiro atoms. The lowest BCUT2D eigenvalue weighted by Crippen LogP contribution is -2.33. The third-order valence-electron chi connectivity index (χ3n) is 5.32. The van der Waals surface area contributed by atoms with Crippen LogP contribution in [0.25, 0.3) is 5.69 Å². The molecular weight excluding hydrogens is 452 g/mol. The Kier molecular flexibility index (Phi) is 6.01. The molecule has 0 amide bonds. The van der Waals surface area contributed by atoms with Gasteiger partial charge in [0.15, 0.2) is 11.5 Å². The topological polar surface area (TPSA) is 127 Å². The van der Waals surface area contributed by atoms with Crippen LogP contribution in [0.15, 0.2) is 51.1 Å². The summed E-state index contributed by atoms with van der Waals surface area (Å²) in [5.41, 5.74) is 2.65. The monoisotopic (exact) mass is 472 g/mol. The average Bonchev–Trinajstić information content (AvgIpc) is 3.28. The van der Waals surface area contributed by atoms with Gasteiger partial charge in [0.2, 0.25) is 11.6 Å². The Bertz CT molecular complexity index is 1350. The first-order valence-corrected chi connectivity index (χ1v) is 10.2. The number of methoxy groups -OCH3 is 3. The number of ether oxygens (including phenoxy) is 3. The Labute approximate surface area is 193 Å². The number of nitrogens with zero attached hydrogens (tertiary/aromatic N) is 2. The molecule has 3 N–H and O–H groups in total. The van der Waals surface area contributed by atoms with Gasteiger partial charge < -0.3 is 24.7 Å². The minimum Gasteiger partial charge on any atom is -0.493 e. The van der Waals surface area contributed by atoms with Gasteiger partial charge >= 0.3 is 5.69 Å². The highest BCUT2D eigenvalue weighted by Gasteiger charge is 2.30. The quantitative estimate of drug-likeness (QED) is 0.502. The van der Waals surface area contributed by atoms with E-state index in [-0.39, 0.29) is 23.7 Å². The van der Waals surface area contributed by atoms with E-state index in [4.69, 9.17) is 25.8 Å². The lowest BCUT2D eigenvalue weighted by Gasteiger charge is -2.19. The summed E-state index contributed by atoms with van der Waals surface area (Å²) < 4.78 is 17.3. The number of hydrazone groups is 1. The van der Waals surface area contributed by atoms with E-state index >= 15 is 0 Å². The third-order valence-corrected chi connectivity index (χ3v) is 5.57. The molecule has 0 saturated heterocycles. The Morgan fingerprint density at radius 2 is 1.73 bits per heavy atom. The minimum atomic E-state index is -0.784. The zero-order valence-corrected chi connectivity index (χ0v) is 18.8. The van der Waals surface area contributed by atoms with E-state index in [1.807, 2.05) is 0 Å². The van der Waals surface area contributed by atoms with Crippen LogP contribution in [-0.4, -0.2) is 41.7 Å². The van der Waals surface area contributed by atoms with Gasteiger partial charge in [-0.2, -0.15) is 5.10 Å². The van der Waals surface area contributed by atoms with Crippen LogP contribution in [-0.2, 0) is 0 Å². The number of nitrogens with one attached hydrogen (secondary N) is 2. The number of aromatic hydroxyl groups is 1. The molecule has 0 bridgehead atoms. The first kappa shape index (κ1) is 22.3. The number of halogens is 1. The van der Waals surface area contributed by atoms with E-state index in [0.29, 0.717) is 28.0 Å². The van der Waals surface area contributed by atoms with Crippen molar-refractivity contribution in [2.75, 3.05) is 21.3 Å². The molecule has 11 heteroatoms. The molecule has 1 aliphatic heterocycles. The van der Waals surface area contributed by atoms with Crippen molar-refractivity contribution in [2.45, 2.75) is 12.5 Å². The van der Waals surface area contributed by atoms with E-state index in [1.165, 1.54) is 21.3 Å². The Morgan fingerprint density at radius 3 is 2.36 bits per heavy atom. The van der Waals surface area contributed by atoms with Crippen molar-refractivity contribution in [3.8, 4) is 28.8 Å². The number of hydrogen-bond acceptors (Lipinski definition) is 8. The first-order chi connectivity index (χ1) is 15.9. The van der Waals surface area contributed by atoms with Gasteiger partial charge in [-0.25, -0.2) is 9.36 Å². The standard InChI is InChI=1S/C22H21ClN4O6/c1-31-16-9-8-13(18(32-2)19(16)33-3)14-10-15(26-25-14)17-20(28)24-22(30)27(21(17)29)12-6-4-11(23)5-7-12/h4-9,14,25,29H,10H2,1-3H3,(H,24,28,30)/t14-/m0/s1. The SMILES string of the molecule is COc1ccc([C@@H]2CC(c3c(O)n(-c4ccc(Cl)cc4)c(=O)[nH]c3=O)=NN2)c(OC)c1OC. The molecule has 1 atom stereocenters. The molecule has 1 aromatic heterocycles. The fourth-order valence-electron chi connectivity index (χ4n) is 3.79. The molecule has 2 heterocycles. The number of aromatic nitrogens is 2. The third kappa shape index (κ3) is 3.89. The van der Waals surface area contributed by atoms with Gasteiger partial charge in [-0.05, 0) is 36.4 Å². The molecule has 0 radical (unpaired) electrons. The first-order valence-electron chi connectivity index (χ1n) is 9.85. The molecule has 3 aromatic rings. The number of rotatable bonds is 6. The Morgan fingerprint density at radius 1 is 1.03 bits per heavy atom. The van der Waals surface area contributed by atoms with E-state index in [1.54, 1.807) is 36.4 Å². The molecule has 33 heavy (non-hydrogen) atoms. The van der Waals surface area contributed by atoms with Crippen molar-refractivity contribution in [2.24, 2.45) is 5.10 Å². The predicted octanol–water partition coefficient (Wildman–Crippen LogP) is 2.35. The maximum atomic E-state index is 12.6. The van der Waals surface area contributed by atoms with Gasteiger partial charge in [0.05, 0.1) is 38.8 Å². The number of aromatic amines is 1. The number of benzene rings is 2. The minimum absolute atomic E-state index is 0.112. The maximum Gasteiger partial charge on any atom is 0.335 e. The molecule has 0 saturated carbocycles. The van der Waals surface area contributed by atoms with Crippen LogP contribution >= 0.6 is 11.6 Å². The zero-order valence-electron chi connectivity index (χ0n) is 18.0. The molecule has 0 fully saturated rings. The summed E-state index contributed by atoms with van der Waals surface area (Å²) in [5.74, 6) is 0.854. The molecule has 1 aliphatic rings. The van der Waals surface area contributed by atoms with Gasteiger partial charge in [0.1, 0.15) is 5.56 Å². The molecule has 172 valence electrons. The van der Waals surface area contributed by atoms with E-state index in [0.717, 1.165) is 10.1 Å². The molecular formula is C22H21ClN4O6. The van der Waals surface area contributed by atoms with Crippen LogP contribution in [0.4, 0.5) is 0 Å². The second-order valence-electron chi connectivity index (χ2n) is 7.14. The van der Waals surface area contributed by atoms with Gasteiger partial charge in [0.25, 0.3) is 5.56 Å². The lowest BCUT2D eigenvalue weighted by atomic mass is 9.98. The molecule has 4 rings (SSSR count). The van der Waals surface area contributed by atoms with Crippen LogP contribution in [0.1, 0.15) is 23.6 Å². The summed E-state index contributed by atoms with van der Waals surface area (Å²) in [7, 11) is 4.54. The fourth-order valence-corrected chi connectivity index (χ4v) is 3.92. The van der Waals surface area contributed by atoms with E-state index in [2.05, 4.69) is 15.5 Å². The van der Waals surface area contributed by atoms with Crippen LogP contribution in [0.3, 0.4) is 0 Å². The van der Waals surface area contributed by atoms with E-state index in [9.17, 15) is 14.7 Å². The van der Waals surface area contributed by atoms with Crippen LogP contribution in [0, 0.1) is 0 Å². The van der Waals surface area contributed by atoms with Gasteiger partial charge in [-0.15, -0.1) is 0 Å². The highest BCUT2D eigenvalue weighted by molar-refractivity contribution is 6.30. The summed E-state index contributed by atoms with van der Waals surface area (Å²) in [6.07, 6.45) is 0.237. The van der Waals surface area contributed by atoms with Crippen LogP contribution < -0.4 is 30.9 Å². The van der Waals surface area contributed by atoms with Crippen molar-refractivity contribution in [1.82, 2.24) is 15.0 Å². The summed E-state index contributed by atoms with van der Waals surface area (Å²) in [5, 5.41) is 15.6. The highest BCUT2D eigenvalue weighted by atomic mass is 35.5. The van der Waals surface area contributed by atoms with Crippen LogP contribution in [0.2, 0.25) is 5.02 Å². The lowest BCUT2D eigenvalue weighted by molar-refractivity contribution is 0.320. The van der Waals surface area contributed by atoms with Crippen LogP contribution in [0.5, 0.6) is 23.1 Å². The number of H-pyrrole nitrogens is 1. The molecule has 2 aromatic carbocycles. The average molecular weight is 473 g/mol. The van der Waals surface area contributed by atoms with Crippen molar-refractivity contribution in [3.63, 3.8) is 0 Å². The second-order valence-corrected chi connectivity index (χ2v) is 7.57. The smallest absolute Gasteiger partial charge is 0.335 e. The van der Waals surface area contributed by atoms with E-state index < -0.39 is 17.1 Å². The second kappa shape index (κ2) is 8.91. The normalized spacial score (nSPS) is 15.0. The summed E-state index contributed by atoms with van der Waals surface area (Å²) in [6, 6.07) is 9.40. The van der Waals surface area contributed by atoms with Gasteiger partial charge in [-0.3, -0.25) is 9.78 Å². The zero-order chi connectivity index (χ0) is 23.7. The summed E-state index contributed by atoms with van der Waals surface area (Å²) in [4.78, 5) is 27.3. The summed E-state index contributed by atoms with van der Waals surface area (Å²) in [6.45, 7) is 0. The molecule has 0 unspecified atom stereocenters. The van der Waals surface area contributed by atoms with Crippen molar-refractivity contribution in [1.29, 1.82) is 0 Å². The van der Waals surface area contributed by atoms with Crippen molar-refractivity contribution >= 4 is 17.3 Å². The Hall–Kier alpha value is -3.92. The Balaban J connectivity index is 1.74. The van der Waals surface area contributed by atoms with Gasteiger partial charge in [-0.1, -0.05) is 11.6 Å². The van der Waals surface area contributed by atoms with Crippen molar-refractivity contribution < 1.29 is 19.3 Å². The van der Waals surface area contributed by atoms with Gasteiger partial charge in [0, 0.05) is 17.0 Å². The maximum absolute atomic E-state index is 12.6. The highest BCUT2D eigenvalue weighted by Crippen LogP contribution is 2.43. The molecule has 0 aliphatic carbocycles. The van der Waals surface area contributed by atoms with Crippen molar-refractivity contribution in [3.05, 3.63) is 73.4 Å². The largest absolute Gasteiger partial charge is 0.493 e.